The molecule has 0 bridgehead atoms. The smallest absolute Gasteiger partial charge is 0.243 e. The molecule has 0 radical (unpaired) electrons. The molecule has 0 aliphatic carbocycles. The third kappa shape index (κ3) is 12.7. The van der Waals surface area contributed by atoms with E-state index in [1.807, 2.05) is 44.2 Å². The van der Waals surface area contributed by atoms with Crippen molar-refractivity contribution in [1.82, 2.24) is 16.0 Å². The van der Waals surface area contributed by atoms with Crippen molar-refractivity contribution in [3.05, 3.63) is 64.7 Å². The number of aliphatic imine (C=N–C) groups is 1. The number of phenols is 1. The molecule has 0 aliphatic rings. The molecule has 0 spiro atoms. The van der Waals surface area contributed by atoms with Gasteiger partial charge in [-0.2, -0.15) is 0 Å². The van der Waals surface area contributed by atoms with Gasteiger partial charge < -0.3 is 49.7 Å². The highest BCUT2D eigenvalue weighted by Crippen LogP contribution is 2.22. The topological polar surface area (TPSA) is 267 Å². The highest BCUT2D eigenvalue weighted by atomic mass is 16.3. The fraction of sp³-hybridized carbons (Fsp3) is 0.469. The Bertz CT molecular complexity index is 1330. The van der Waals surface area contributed by atoms with Crippen LogP contribution in [0.4, 0.5) is 0 Å². The van der Waals surface area contributed by atoms with Crippen molar-refractivity contribution in [3.8, 4) is 5.75 Å². The number of hydrogen-bond acceptors (Lipinski definition) is 8. The summed E-state index contributed by atoms with van der Waals surface area (Å²) in [6, 6.07) is 8.13. The first kappa shape index (κ1) is 37.5. The molecule has 4 atom stereocenters. The lowest BCUT2D eigenvalue weighted by atomic mass is 9.95. The van der Waals surface area contributed by atoms with Gasteiger partial charge in [0.15, 0.2) is 5.96 Å². The first-order valence-corrected chi connectivity index (χ1v) is 15.4. The predicted molar refractivity (Wildman–Crippen MR) is 177 cm³/mol. The molecule has 46 heavy (non-hydrogen) atoms. The van der Waals surface area contributed by atoms with E-state index < -0.39 is 47.8 Å². The van der Waals surface area contributed by atoms with Crippen LogP contribution in [0.2, 0.25) is 0 Å². The van der Waals surface area contributed by atoms with Crippen LogP contribution >= 0.6 is 0 Å². The zero-order valence-corrected chi connectivity index (χ0v) is 26.6. The summed E-state index contributed by atoms with van der Waals surface area (Å²) >= 11 is 0. The number of aromatic hydroxyl groups is 1. The molecular weight excluding hydrogens is 590 g/mol. The molecular formula is C32H49N9O5. The Morgan fingerprint density at radius 1 is 0.783 bits per heavy atom. The van der Waals surface area contributed by atoms with Crippen LogP contribution in [0.15, 0.2) is 47.5 Å². The number of guanidine groups is 1. The maximum absolute atomic E-state index is 13.6. The molecule has 0 aromatic heterocycles. The summed E-state index contributed by atoms with van der Waals surface area (Å²) < 4.78 is 0. The summed E-state index contributed by atoms with van der Waals surface area (Å²) in [5, 5.41) is 18.0. The van der Waals surface area contributed by atoms with E-state index in [9.17, 15) is 24.3 Å². The summed E-state index contributed by atoms with van der Waals surface area (Å²) in [5.41, 5.74) is 31.5. The van der Waals surface area contributed by atoms with Crippen molar-refractivity contribution in [1.29, 1.82) is 0 Å². The van der Waals surface area contributed by atoms with E-state index in [2.05, 4.69) is 20.9 Å². The average molecular weight is 640 g/mol. The van der Waals surface area contributed by atoms with Crippen LogP contribution < -0.4 is 44.6 Å². The molecule has 2 aromatic carbocycles. The lowest BCUT2D eigenvalue weighted by molar-refractivity contribution is -0.133. The minimum absolute atomic E-state index is 0.108. The Labute approximate surface area is 269 Å². The minimum atomic E-state index is -1.07. The SMILES string of the molecule is Cc1cc(O)cc(C)c1C[C@H](N)C(=O)N[C@@H](CCCN=C(N)N)C(=O)N[C@@H](CCCCN)C(=O)N[C@@H](Cc1ccccc1)C(N)=O. The van der Waals surface area contributed by atoms with Crippen molar-refractivity contribution >= 4 is 29.6 Å². The molecule has 0 unspecified atom stereocenters. The quantitative estimate of drug-likeness (QED) is 0.0530. The standard InChI is InChI=1S/C32H49N9O5/c1-19-15-22(42)16-20(2)23(19)18-24(34)29(44)39-26(12-8-14-38-32(36)37)30(45)40-25(11-6-7-13-33)31(46)41-27(28(35)43)17-21-9-4-3-5-10-21/h3-5,9-10,15-16,24-27,42H,6-8,11-14,17-18,33-34H2,1-2H3,(H2,35,43)(H,39,44)(H,40,45)(H,41,46)(H4,36,37,38)/t24-,25-,26-,27-/m0/s1. The number of nitrogens with one attached hydrogen (secondary N) is 3. The molecule has 14 nitrogen and oxygen atoms in total. The third-order valence-corrected chi connectivity index (χ3v) is 7.54. The fourth-order valence-corrected chi connectivity index (χ4v) is 5.04. The average Bonchev–Trinajstić information content (AvgIpc) is 2.99. The zero-order chi connectivity index (χ0) is 34.2. The van der Waals surface area contributed by atoms with E-state index in [0.29, 0.717) is 25.8 Å². The molecule has 14 N–H and O–H groups in total. The monoisotopic (exact) mass is 639 g/mol. The number of unbranched alkanes of at least 4 members (excludes halogenated alkanes) is 1. The minimum Gasteiger partial charge on any atom is -0.508 e. The van der Waals surface area contributed by atoms with Crippen LogP contribution in [0.5, 0.6) is 5.75 Å². The zero-order valence-electron chi connectivity index (χ0n) is 26.6. The molecule has 4 amide bonds. The van der Waals surface area contributed by atoms with Crippen molar-refractivity contribution < 1.29 is 24.3 Å². The molecule has 252 valence electrons. The number of benzene rings is 2. The third-order valence-electron chi connectivity index (χ3n) is 7.54. The Hall–Kier alpha value is -4.69. The molecule has 14 heteroatoms. The summed E-state index contributed by atoms with van der Waals surface area (Å²) in [6.07, 6.45) is 2.19. The summed E-state index contributed by atoms with van der Waals surface area (Å²) in [5.74, 6) is -2.50. The fourth-order valence-electron chi connectivity index (χ4n) is 5.04. The number of nitrogens with two attached hydrogens (primary N) is 5. The van der Waals surface area contributed by atoms with Crippen LogP contribution in [0.3, 0.4) is 0 Å². The number of carbonyl (C=O) groups excluding carboxylic acids is 4. The highest BCUT2D eigenvalue weighted by molar-refractivity contribution is 5.94. The molecule has 2 aromatic rings. The van der Waals surface area contributed by atoms with Gasteiger partial charge in [-0.25, -0.2) is 0 Å². The lowest BCUT2D eigenvalue weighted by Crippen LogP contribution is -2.58. The summed E-state index contributed by atoms with van der Waals surface area (Å²) in [4.78, 5) is 56.4. The van der Waals surface area contributed by atoms with Gasteiger partial charge in [0, 0.05) is 13.0 Å². The largest absolute Gasteiger partial charge is 0.508 e. The predicted octanol–water partition coefficient (Wildman–Crippen LogP) is -0.756. The molecule has 0 saturated heterocycles. The second kappa shape index (κ2) is 19.0. The van der Waals surface area contributed by atoms with Gasteiger partial charge >= 0.3 is 0 Å². The second-order valence-corrected chi connectivity index (χ2v) is 11.4. The number of aryl methyl sites for hydroxylation is 2. The number of nitrogens with zero attached hydrogens (tertiary/aromatic N) is 1. The van der Waals surface area contributed by atoms with Gasteiger partial charge in [0.05, 0.1) is 6.04 Å². The van der Waals surface area contributed by atoms with Gasteiger partial charge in [-0.1, -0.05) is 30.3 Å². The van der Waals surface area contributed by atoms with E-state index in [0.717, 1.165) is 22.3 Å². The number of rotatable bonds is 19. The number of primary amides is 1. The van der Waals surface area contributed by atoms with Gasteiger partial charge in [-0.15, -0.1) is 0 Å². The van der Waals surface area contributed by atoms with E-state index in [-0.39, 0.29) is 43.9 Å². The van der Waals surface area contributed by atoms with Gasteiger partial charge in [-0.3, -0.25) is 24.2 Å². The second-order valence-electron chi connectivity index (χ2n) is 11.4. The van der Waals surface area contributed by atoms with Gasteiger partial charge in [0.25, 0.3) is 0 Å². The van der Waals surface area contributed by atoms with E-state index in [1.54, 1.807) is 12.1 Å². The molecule has 0 saturated carbocycles. The van der Waals surface area contributed by atoms with Gasteiger partial charge in [0.2, 0.25) is 23.6 Å². The Morgan fingerprint density at radius 2 is 1.33 bits per heavy atom. The first-order valence-electron chi connectivity index (χ1n) is 15.4. The summed E-state index contributed by atoms with van der Waals surface area (Å²) in [6.45, 7) is 4.22. The van der Waals surface area contributed by atoms with Crippen LogP contribution in [0, 0.1) is 13.8 Å². The highest BCUT2D eigenvalue weighted by Gasteiger charge is 2.30. The normalized spacial score (nSPS) is 13.5. The van der Waals surface area contributed by atoms with Gasteiger partial charge in [-0.05, 0) is 93.3 Å². The molecule has 0 fully saturated rings. The maximum Gasteiger partial charge on any atom is 0.243 e. The Balaban J connectivity index is 2.22. The van der Waals surface area contributed by atoms with Crippen molar-refractivity contribution in [3.63, 3.8) is 0 Å². The number of carbonyl (C=O) groups is 4. The lowest BCUT2D eigenvalue weighted by Gasteiger charge is -2.26. The number of phenolic OH excluding ortho intramolecular Hbond substituents is 1. The van der Waals surface area contributed by atoms with E-state index in [4.69, 9.17) is 28.7 Å². The van der Waals surface area contributed by atoms with Crippen molar-refractivity contribution in [2.45, 2.75) is 83.0 Å². The Morgan fingerprint density at radius 3 is 1.87 bits per heavy atom. The first-order chi connectivity index (χ1) is 21.8. The Kier molecular flexibility index (Phi) is 15.5. The van der Waals surface area contributed by atoms with Crippen LogP contribution in [0.25, 0.3) is 0 Å². The van der Waals surface area contributed by atoms with Crippen molar-refractivity contribution in [2.75, 3.05) is 13.1 Å². The van der Waals surface area contributed by atoms with Crippen molar-refractivity contribution in [2.24, 2.45) is 33.7 Å². The maximum atomic E-state index is 13.6. The van der Waals surface area contributed by atoms with Gasteiger partial charge in [0.1, 0.15) is 23.9 Å². The van der Waals surface area contributed by atoms with Crippen LogP contribution in [-0.4, -0.2) is 72.0 Å². The van der Waals surface area contributed by atoms with E-state index >= 15 is 0 Å². The number of amides is 4. The molecule has 0 heterocycles. The van der Waals surface area contributed by atoms with E-state index in [1.165, 1.54) is 0 Å². The molecule has 0 aliphatic heterocycles. The summed E-state index contributed by atoms with van der Waals surface area (Å²) in [7, 11) is 0. The number of hydrogen-bond donors (Lipinski definition) is 9. The van der Waals surface area contributed by atoms with Crippen LogP contribution in [0.1, 0.15) is 54.4 Å². The van der Waals surface area contributed by atoms with Crippen LogP contribution in [-0.2, 0) is 32.0 Å². The molecule has 2 rings (SSSR count).